The van der Waals surface area contributed by atoms with E-state index in [1.165, 1.54) is 0 Å². The van der Waals surface area contributed by atoms with Crippen molar-refractivity contribution in [2.75, 3.05) is 6.54 Å². The quantitative estimate of drug-likeness (QED) is 0.384. The number of benzene rings is 2. The summed E-state index contributed by atoms with van der Waals surface area (Å²) in [6.07, 6.45) is 4.86. The average Bonchev–Trinajstić information content (AvgIpc) is 3.17. The molecule has 1 amide bonds. The van der Waals surface area contributed by atoms with E-state index in [0.717, 1.165) is 28.0 Å². The molecular formula is C25H23Cl2N3O. The number of amides is 1. The molecular weight excluding hydrogens is 429 g/mol. The Labute approximate surface area is 191 Å². The molecule has 2 aromatic heterocycles. The standard InChI is InChI=1S/C25H23Cl2N3O/c1-17-10-12-30-23(16-29-24(30)13-17)21(18-5-3-2-4-6-18)15-25(31)28-11-9-19-7-8-20(26)14-22(19)27/h2-8,10,12-14,16,21H,9,11,15H2,1H3,(H,28,31). The second-order valence-corrected chi connectivity index (χ2v) is 8.46. The highest BCUT2D eigenvalue weighted by Crippen LogP contribution is 2.29. The van der Waals surface area contributed by atoms with E-state index in [1.54, 1.807) is 6.07 Å². The fourth-order valence-corrected chi connectivity index (χ4v) is 4.26. The number of rotatable bonds is 7. The molecule has 158 valence electrons. The number of halogens is 2. The Hall–Kier alpha value is -2.82. The highest BCUT2D eigenvalue weighted by atomic mass is 35.5. The Kier molecular flexibility index (Phi) is 6.59. The van der Waals surface area contributed by atoms with Gasteiger partial charge in [0.05, 0.1) is 5.69 Å². The van der Waals surface area contributed by atoms with Gasteiger partial charge < -0.3 is 9.72 Å². The smallest absolute Gasteiger partial charge is 0.221 e. The summed E-state index contributed by atoms with van der Waals surface area (Å²) in [5.41, 5.74) is 5.08. The van der Waals surface area contributed by atoms with Crippen LogP contribution in [0.3, 0.4) is 0 Å². The van der Waals surface area contributed by atoms with Crippen molar-refractivity contribution in [2.45, 2.75) is 25.7 Å². The largest absolute Gasteiger partial charge is 0.356 e. The number of carbonyl (C=O) groups excluding carboxylic acids is 1. The van der Waals surface area contributed by atoms with Gasteiger partial charge >= 0.3 is 0 Å². The highest BCUT2D eigenvalue weighted by Gasteiger charge is 2.21. The van der Waals surface area contributed by atoms with E-state index in [-0.39, 0.29) is 11.8 Å². The zero-order chi connectivity index (χ0) is 21.8. The molecule has 4 nitrogen and oxygen atoms in total. The average molecular weight is 452 g/mol. The Morgan fingerprint density at radius 2 is 1.90 bits per heavy atom. The molecule has 2 aromatic carbocycles. The van der Waals surface area contributed by atoms with Crippen molar-refractivity contribution < 1.29 is 4.79 Å². The normalized spacial score (nSPS) is 12.1. The second-order valence-electron chi connectivity index (χ2n) is 7.62. The molecule has 0 saturated carbocycles. The molecule has 0 aliphatic carbocycles. The van der Waals surface area contributed by atoms with E-state index >= 15 is 0 Å². The van der Waals surface area contributed by atoms with E-state index in [2.05, 4.69) is 32.9 Å². The fourth-order valence-electron chi connectivity index (χ4n) is 3.76. The molecule has 0 fully saturated rings. The lowest BCUT2D eigenvalue weighted by molar-refractivity contribution is -0.121. The van der Waals surface area contributed by atoms with Crippen LogP contribution in [0.2, 0.25) is 10.0 Å². The number of hydrogen-bond donors (Lipinski definition) is 1. The van der Waals surface area contributed by atoms with Crippen LogP contribution in [0.15, 0.2) is 73.1 Å². The minimum absolute atomic E-state index is 0.0130. The zero-order valence-electron chi connectivity index (χ0n) is 17.2. The minimum atomic E-state index is -0.0991. The summed E-state index contributed by atoms with van der Waals surface area (Å²) < 4.78 is 2.06. The Bertz CT molecular complexity index is 1200. The second kappa shape index (κ2) is 9.54. The fraction of sp³-hybridized carbons (Fsp3) is 0.200. The van der Waals surface area contributed by atoms with Crippen LogP contribution in [-0.4, -0.2) is 21.8 Å². The van der Waals surface area contributed by atoms with Gasteiger partial charge in [0, 0.05) is 41.3 Å². The molecule has 6 heteroatoms. The maximum atomic E-state index is 12.8. The molecule has 2 heterocycles. The van der Waals surface area contributed by atoms with Gasteiger partial charge in [0.2, 0.25) is 5.91 Å². The lowest BCUT2D eigenvalue weighted by atomic mass is 9.92. The molecule has 31 heavy (non-hydrogen) atoms. The van der Waals surface area contributed by atoms with Gasteiger partial charge in [-0.15, -0.1) is 0 Å². The van der Waals surface area contributed by atoms with Crippen LogP contribution in [0.5, 0.6) is 0 Å². The van der Waals surface area contributed by atoms with Crippen LogP contribution in [0.4, 0.5) is 0 Å². The van der Waals surface area contributed by atoms with Crippen LogP contribution in [-0.2, 0) is 11.2 Å². The Morgan fingerprint density at radius 1 is 1.10 bits per heavy atom. The van der Waals surface area contributed by atoms with Gasteiger partial charge in [-0.05, 0) is 54.3 Å². The Balaban J connectivity index is 1.50. The molecule has 0 radical (unpaired) electrons. The van der Waals surface area contributed by atoms with Crippen molar-refractivity contribution in [1.29, 1.82) is 0 Å². The number of fused-ring (bicyclic) bond motifs is 1. The predicted molar refractivity (Wildman–Crippen MR) is 126 cm³/mol. The molecule has 4 aromatic rings. The van der Waals surface area contributed by atoms with Gasteiger partial charge in [-0.25, -0.2) is 4.98 Å². The molecule has 0 spiro atoms. The summed E-state index contributed by atoms with van der Waals surface area (Å²) in [5.74, 6) is -0.112. The molecule has 1 N–H and O–H groups in total. The van der Waals surface area contributed by atoms with Gasteiger partial charge in [0.25, 0.3) is 0 Å². The maximum Gasteiger partial charge on any atom is 0.221 e. The van der Waals surface area contributed by atoms with Gasteiger partial charge in [0.1, 0.15) is 5.65 Å². The summed E-state index contributed by atoms with van der Waals surface area (Å²) >= 11 is 12.2. The first kappa shape index (κ1) is 21.4. The van der Waals surface area contributed by atoms with Crippen LogP contribution in [0, 0.1) is 6.92 Å². The van der Waals surface area contributed by atoms with Crippen molar-refractivity contribution in [3.63, 3.8) is 0 Å². The van der Waals surface area contributed by atoms with Gasteiger partial charge in [-0.3, -0.25) is 4.79 Å². The van der Waals surface area contributed by atoms with Gasteiger partial charge in [-0.1, -0.05) is 59.6 Å². The van der Waals surface area contributed by atoms with Crippen molar-refractivity contribution in [2.24, 2.45) is 0 Å². The molecule has 0 aliphatic rings. The third-order valence-electron chi connectivity index (χ3n) is 5.38. The number of nitrogens with one attached hydrogen (secondary N) is 1. The molecule has 1 atom stereocenters. The minimum Gasteiger partial charge on any atom is -0.356 e. The monoisotopic (exact) mass is 451 g/mol. The molecule has 0 aliphatic heterocycles. The molecule has 1 unspecified atom stereocenters. The van der Waals surface area contributed by atoms with Gasteiger partial charge in [-0.2, -0.15) is 0 Å². The lowest BCUT2D eigenvalue weighted by Crippen LogP contribution is -2.27. The predicted octanol–water partition coefficient (Wildman–Crippen LogP) is 5.83. The van der Waals surface area contributed by atoms with Crippen molar-refractivity contribution >= 4 is 34.8 Å². The highest BCUT2D eigenvalue weighted by molar-refractivity contribution is 6.35. The number of aromatic nitrogens is 2. The van der Waals surface area contributed by atoms with Crippen molar-refractivity contribution in [1.82, 2.24) is 14.7 Å². The molecule has 4 rings (SSSR count). The van der Waals surface area contributed by atoms with E-state index < -0.39 is 0 Å². The number of aryl methyl sites for hydroxylation is 1. The van der Waals surface area contributed by atoms with Crippen LogP contribution >= 0.6 is 23.2 Å². The first-order valence-electron chi connectivity index (χ1n) is 10.2. The molecule has 0 bridgehead atoms. The topological polar surface area (TPSA) is 46.4 Å². The lowest BCUT2D eigenvalue weighted by Gasteiger charge is -2.17. The number of carbonyl (C=O) groups is 1. The van der Waals surface area contributed by atoms with Crippen molar-refractivity contribution in [3.8, 4) is 0 Å². The summed E-state index contributed by atoms with van der Waals surface area (Å²) in [7, 11) is 0. The van der Waals surface area contributed by atoms with E-state index in [1.807, 2.05) is 55.7 Å². The van der Waals surface area contributed by atoms with Gasteiger partial charge in [0.15, 0.2) is 0 Å². The summed E-state index contributed by atoms with van der Waals surface area (Å²) in [5, 5.41) is 4.25. The first-order valence-corrected chi connectivity index (χ1v) is 11.0. The molecule has 0 saturated heterocycles. The Morgan fingerprint density at radius 3 is 2.68 bits per heavy atom. The number of hydrogen-bond acceptors (Lipinski definition) is 2. The van der Waals surface area contributed by atoms with E-state index in [4.69, 9.17) is 23.2 Å². The van der Waals surface area contributed by atoms with E-state index in [0.29, 0.717) is 29.4 Å². The summed E-state index contributed by atoms with van der Waals surface area (Å²) in [6.45, 7) is 2.55. The van der Waals surface area contributed by atoms with Crippen LogP contribution in [0.25, 0.3) is 5.65 Å². The number of nitrogens with zero attached hydrogens (tertiary/aromatic N) is 2. The van der Waals surface area contributed by atoms with E-state index in [9.17, 15) is 4.79 Å². The SMILES string of the molecule is Cc1ccn2c(C(CC(=O)NCCc3ccc(Cl)cc3Cl)c3ccccc3)cnc2c1. The first-order chi connectivity index (χ1) is 15.0. The summed E-state index contributed by atoms with van der Waals surface area (Å²) in [6, 6.07) is 19.6. The maximum absolute atomic E-state index is 12.8. The van der Waals surface area contributed by atoms with Crippen LogP contribution < -0.4 is 5.32 Å². The van der Waals surface area contributed by atoms with Crippen LogP contribution in [0.1, 0.15) is 34.7 Å². The third-order valence-corrected chi connectivity index (χ3v) is 5.96. The summed E-state index contributed by atoms with van der Waals surface area (Å²) in [4.78, 5) is 17.4. The zero-order valence-corrected chi connectivity index (χ0v) is 18.7. The third kappa shape index (κ3) is 5.09. The number of pyridine rings is 1. The number of imidazole rings is 1. The van der Waals surface area contributed by atoms with Crippen molar-refractivity contribution in [3.05, 3.63) is 105 Å².